The quantitative estimate of drug-likeness (QED) is 0.918. The van der Waals surface area contributed by atoms with Gasteiger partial charge in [-0.15, -0.1) is 11.3 Å². The first-order valence-corrected chi connectivity index (χ1v) is 6.67. The molecule has 5 heteroatoms. The molecule has 1 unspecified atom stereocenters. The standard InChI is InChI=1S/C12H11Cl2NOS/c13-8-1-3-9(4-2-8)16-7-11(15)12-10(14)5-6-17-12/h1-6,11H,7,15H2. The lowest BCUT2D eigenvalue weighted by Crippen LogP contribution is -2.18. The lowest BCUT2D eigenvalue weighted by Gasteiger charge is -2.12. The van der Waals surface area contributed by atoms with E-state index in [9.17, 15) is 0 Å². The maximum Gasteiger partial charge on any atom is 0.119 e. The van der Waals surface area contributed by atoms with Crippen molar-refractivity contribution in [3.05, 3.63) is 50.6 Å². The summed E-state index contributed by atoms with van der Waals surface area (Å²) < 4.78 is 5.57. The SMILES string of the molecule is NC(COc1ccc(Cl)cc1)c1sccc1Cl. The summed E-state index contributed by atoms with van der Waals surface area (Å²) in [5.41, 5.74) is 5.99. The van der Waals surface area contributed by atoms with Gasteiger partial charge in [0, 0.05) is 9.90 Å². The highest BCUT2D eigenvalue weighted by Crippen LogP contribution is 2.27. The monoisotopic (exact) mass is 287 g/mol. The van der Waals surface area contributed by atoms with E-state index in [0.29, 0.717) is 16.7 Å². The van der Waals surface area contributed by atoms with Crippen LogP contribution in [0.2, 0.25) is 10.0 Å². The van der Waals surface area contributed by atoms with Crippen molar-refractivity contribution in [2.75, 3.05) is 6.61 Å². The maximum atomic E-state index is 5.99. The molecule has 0 fully saturated rings. The third-order valence-electron chi connectivity index (χ3n) is 2.22. The van der Waals surface area contributed by atoms with Crippen LogP contribution < -0.4 is 10.5 Å². The normalized spacial score (nSPS) is 12.4. The molecule has 0 aliphatic rings. The molecule has 0 aliphatic carbocycles. The van der Waals surface area contributed by atoms with Gasteiger partial charge in [0.1, 0.15) is 12.4 Å². The highest BCUT2D eigenvalue weighted by Gasteiger charge is 2.12. The number of nitrogens with two attached hydrogens (primary N) is 1. The first-order chi connectivity index (χ1) is 8.16. The number of hydrogen-bond acceptors (Lipinski definition) is 3. The summed E-state index contributed by atoms with van der Waals surface area (Å²) in [5, 5.41) is 3.30. The summed E-state index contributed by atoms with van der Waals surface area (Å²) in [7, 11) is 0. The van der Waals surface area contributed by atoms with E-state index >= 15 is 0 Å². The molecule has 0 saturated heterocycles. The van der Waals surface area contributed by atoms with Gasteiger partial charge in [-0.2, -0.15) is 0 Å². The van der Waals surface area contributed by atoms with E-state index in [1.165, 1.54) is 11.3 Å². The molecule has 1 aromatic carbocycles. The number of rotatable bonds is 4. The minimum atomic E-state index is -0.210. The first-order valence-electron chi connectivity index (χ1n) is 5.03. The second-order valence-corrected chi connectivity index (χ2v) is 5.30. The van der Waals surface area contributed by atoms with Crippen LogP contribution in [-0.2, 0) is 0 Å². The van der Waals surface area contributed by atoms with Crippen LogP contribution in [0, 0.1) is 0 Å². The van der Waals surface area contributed by atoms with Crippen molar-refractivity contribution in [1.82, 2.24) is 0 Å². The van der Waals surface area contributed by atoms with Crippen LogP contribution in [0.4, 0.5) is 0 Å². The van der Waals surface area contributed by atoms with Crippen LogP contribution in [-0.4, -0.2) is 6.61 Å². The molecule has 2 aromatic rings. The molecule has 90 valence electrons. The topological polar surface area (TPSA) is 35.2 Å². The van der Waals surface area contributed by atoms with Gasteiger partial charge in [-0.05, 0) is 35.7 Å². The van der Waals surface area contributed by atoms with E-state index in [4.69, 9.17) is 33.7 Å². The van der Waals surface area contributed by atoms with Crippen molar-refractivity contribution in [2.24, 2.45) is 5.73 Å². The molecule has 2 nitrogen and oxygen atoms in total. The minimum absolute atomic E-state index is 0.210. The Morgan fingerprint density at radius 3 is 2.47 bits per heavy atom. The van der Waals surface area contributed by atoms with Gasteiger partial charge in [-0.1, -0.05) is 23.2 Å². The van der Waals surface area contributed by atoms with E-state index in [1.807, 2.05) is 23.6 Å². The Morgan fingerprint density at radius 1 is 1.18 bits per heavy atom. The molecule has 0 spiro atoms. The zero-order valence-corrected chi connectivity index (χ0v) is 11.2. The summed E-state index contributed by atoms with van der Waals surface area (Å²) in [6, 6.07) is 8.80. The van der Waals surface area contributed by atoms with Gasteiger partial charge in [-0.3, -0.25) is 0 Å². The van der Waals surface area contributed by atoms with Crippen molar-refractivity contribution in [2.45, 2.75) is 6.04 Å². The largest absolute Gasteiger partial charge is 0.492 e. The Balaban J connectivity index is 1.94. The Bertz CT molecular complexity index is 484. The van der Waals surface area contributed by atoms with Crippen LogP contribution in [0.15, 0.2) is 35.7 Å². The van der Waals surface area contributed by atoms with Crippen molar-refractivity contribution < 1.29 is 4.74 Å². The molecular formula is C12H11Cl2NOS. The molecule has 17 heavy (non-hydrogen) atoms. The highest BCUT2D eigenvalue weighted by molar-refractivity contribution is 7.10. The van der Waals surface area contributed by atoms with Gasteiger partial charge in [0.25, 0.3) is 0 Å². The first kappa shape index (κ1) is 12.7. The Labute approximate surface area is 114 Å². The number of ether oxygens (including phenoxy) is 1. The van der Waals surface area contributed by atoms with Gasteiger partial charge >= 0.3 is 0 Å². The summed E-state index contributed by atoms with van der Waals surface area (Å²) in [5.74, 6) is 0.748. The molecule has 1 aromatic heterocycles. The fraction of sp³-hybridized carbons (Fsp3) is 0.167. The predicted molar refractivity (Wildman–Crippen MR) is 73.2 cm³/mol. The van der Waals surface area contributed by atoms with Crippen LogP contribution in [0.3, 0.4) is 0 Å². The van der Waals surface area contributed by atoms with Gasteiger partial charge < -0.3 is 10.5 Å². The molecule has 0 aliphatic heterocycles. The van der Waals surface area contributed by atoms with Gasteiger partial charge in [0.15, 0.2) is 0 Å². The molecule has 0 radical (unpaired) electrons. The van der Waals surface area contributed by atoms with Crippen LogP contribution in [0.5, 0.6) is 5.75 Å². The zero-order chi connectivity index (χ0) is 12.3. The lowest BCUT2D eigenvalue weighted by atomic mass is 10.3. The molecule has 1 atom stereocenters. The average Bonchev–Trinajstić information content (AvgIpc) is 2.74. The van der Waals surface area contributed by atoms with E-state index in [0.717, 1.165) is 10.6 Å². The lowest BCUT2D eigenvalue weighted by molar-refractivity contribution is 0.292. The Kier molecular flexibility index (Phi) is 4.29. The van der Waals surface area contributed by atoms with Crippen LogP contribution in [0.25, 0.3) is 0 Å². The molecule has 0 amide bonds. The van der Waals surface area contributed by atoms with Crippen LogP contribution in [0.1, 0.15) is 10.9 Å². The highest BCUT2D eigenvalue weighted by atomic mass is 35.5. The van der Waals surface area contributed by atoms with Crippen molar-refractivity contribution >= 4 is 34.5 Å². The molecule has 1 heterocycles. The third-order valence-corrected chi connectivity index (χ3v) is 3.97. The Hall–Kier alpha value is -0.740. The van der Waals surface area contributed by atoms with Gasteiger partial charge in [0.2, 0.25) is 0 Å². The maximum absolute atomic E-state index is 5.99. The zero-order valence-electron chi connectivity index (χ0n) is 8.90. The molecular weight excluding hydrogens is 277 g/mol. The second kappa shape index (κ2) is 5.74. The third kappa shape index (κ3) is 3.36. The Morgan fingerprint density at radius 2 is 1.88 bits per heavy atom. The van der Waals surface area contributed by atoms with Gasteiger partial charge in [-0.25, -0.2) is 0 Å². The molecule has 0 saturated carbocycles. The molecule has 0 bridgehead atoms. The second-order valence-electron chi connectivity index (χ2n) is 3.50. The van der Waals surface area contributed by atoms with E-state index in [2.05, 4.69) is 0 Å². The number of hydrogen-bond donors (Lipinski definition) is 1. The van der Waals surface area contributed by atoms with Crippen molar-refractivity contribution in [1.29, 1.82) is 0 Å². The smallest absolute Gasteiger partial charge is 0.119 e. The minimum Gasteiger partial charge on any atom is -0.492 e. The fourth-order valence-corrected chi connectivity index (χ4v) is 2.67. The summed E-state index contributed by atoms with van der Waals surface area (Å²) in [4.78, 5) is 0.945. The number of benzene rings is 1. The summed E-state index contributed by atoms with van der Waals surface area (Å²) >= 11 is 13.3. The fourth-order valence-electron chi connectivity index (χ4n) is 1.36. The number of thiophene rings is 1. The summed E-state index contributed by atoms with van der Waals surface area (Å²) in [6.07, 6.45) is 0. The van der Waals surface area contributed by atoms with Gasteiger partial charge in [0.05, 0.1) is 11.1 Å². The summed E-state index contributed by atoms with van der Waals surface area (Å²) in [6.45, 7) is 0.391. The molecule has 2 N–H and O–H groups in total. The number of halogens is 2. The van der Waals surface area contributed by atoms with E-state index < -0.39 is 0 Å². The van der Waals surface area contributed by atoms with Crippen LogP contribution >= 0.6 is 34.5 Å². The predicted octanol–water partition coefficient (Wildman–Crippen LogP) is 4.13. The molecule has 2 rings (SSSR count). The van der Waals surface area contributed by atoms with Crippen molar-refractivity contribution in [3.8, 4) is 5.75 Å². The van der Waals surface area contributed by atoms with Crippen molar-refractivity contribution in [3.63, 3.8) is 0 Å². The average molecular weight is 288 g/mol. The van der Waals surface area contributed by atoms with E-state index in [1.54, 1.807) is 12.1 Å². The van der Waals surface area contributed by atoms with E-state index in [-0.39, 0.29) is 6.04 Å².